The van der Waals surface area contributed by atoms with Gasteiger partial charge in [-0.2, -0.15) is 0 Å². The number of para-hydroxylation sites is 1. The summed E-state index contributed by atoms with van der Waals surface area (Å²) in [6, 6.07) is 19.5. The predicted molar refractivity (Wildman–Crippen MR) is 125 cm³/mol. The number of piperidine rings is 1. The number of carbonyl (C=O) groups excluding carboxylic acids is 1. The Balaban J connectivity index is 1.40. The average molecular weight is 450 g/mol. The number of rotatable bonds is 6. The van der Waals surface area contributed by atoms with E-state index in [0.29, 0.717) is 19.7 Å². The Morgan fingerprint density at radius 3 is 2.42 bits per heavy atom. The van der Waals surface area contributed by atoms with Gasteiger partial charge < -0.3 is 23.5 Å². The van der Waals surface area contributed by atoms with Crippen molar-refractivity contribution in [2.45, 2.75) is 51.4 Å². The molecule has 2 aromatic carbocycles. The minimum atomic E-state index is -0.529. The number of amides is 1. The Morgan fingerprint density at radius 1 is 1.03 bits per heavy atom. The third-order valence-corrected chi connectivity index (χ3v) is 5.55. The number of benzene rings is 2. The van der Waals surface area contributed by atoms with Crippen LogP contribution in [0.2, 0.25) is 0 Å². The molecule has 3 aromatic rings. The molecule has 1 saturated heterocycles. The summed E-state index contributed by atoms with van der Waals surface area (Å²) in [5.74, 6) is 1.73. The second-order valence-electron chi connectivity index (χ2n) is 9.29. The number of likely N-dealkylation sites (tertiary alicyclic amines) is 1. The van der Waals surface area contributed by atoms with E-state index in [1.807, 2.05) is 81.4 Å². The standard InChI is InChI=1S/C27H31NO5/c1-27(2,3)33-26(29)28-15-13-24(21-14-16-30-19-21)25(17-28)31-18-20-9-11-23(12-10-20)32-22-7-5-4-6-8-22/h4-12,14,16,19,24-25H,13,15,17-18H2,1-3H3/t24-,25+/m1/s1. The van der Waals surface area contributed by atoms with Crippen LogP contribution in [0.1, 0.15) is 44.2 Å². The van der Waals surface area contributed by atoms with Gasteiger partial charge in [0.2, 0.25) is 0 Å². The van der Waals surface area contributed by atoms with Crippen LogP contribution >= 0.6 is 0 Å². The molecule has 0 spiro atoms. The second-order valence-corrected chi connectivity index (χ2v) is 9.29. The fourth-order valence-corrected chi connectivity index (χ4v) is 3.93. The molecule has 0 bridgehead atoms. The van der Waals surface area contributed by atoms with Crippen molar-refractivity contribution in [3.05, 3.63) is 84.3 Å². The van der Waals surface area contributed by atoms with E-state index >= 15 is 0 Å². The van der Waals surface area contributed by atoms with Crippen LogP contribution in [0.25, 0.3) is 0 Å². The molecule has 174 valence electrons. The van der Waals surface area contributed by atoms with Crippen LogP contribution in [0.4, 0.5) is 4.79 Å². The van der Waals surface area contributed by atoms with Gasteiger partial charge in [-0.15, -0.1) is 0 Å². The third-order valence-electron chi connectivity index (χ3n) is 5.55. The first kappa shape index (κ1) is 22.9. The van der Waals surface area contributed by atoms with Gasteiger partial charge in [0.15, 0.2) is 0 Å². The van der Waals surface area contributed by atoms with Gasteiger partial charge in [-0.1, -0.05) is 30.3 Å². The van der Waals surface area contributed by atoms with Crippen LogP contribution < -0.4 is 4.74 Å². The highest BCUT2D eigenvalue weighted by Crippen LogP contribution is 2.32. The van der Waals surface area contributed by atoms with Crippen molar-refractivity contribution >= 4 is 6.09 Å². The lowest BCUT2D eigenvalue weighted by atomic mass is 9.88. The summed E-state index contributed by atoms with van der Waals surface area (Å²) in [6.45, 7) is 7.16. The minimum absolute atomic E-state index is 0.156. The summed E-state index contributed by atoms with van der Waals surface area (Å²) in [4.78, 5) is 14.4. The molecule has 0 radical (unpaired) electrons. The maximum absolute atomic E-state index is 12.6. The Labute approximate surface area is 195 Å². The van der Waals surface area contributed by atoms with Gasteiger partial charge in [0.1, 0.15) is 17.1 Å². The topological polar surface area (TPSA) is 61.1 Å². The van der Waals surface area contributed by atoms with Gasteiger partial charge >= 0.3 is 6.09 Å². The molecule has 0 aliphatic carbocycles. The third kappa shape index (κ3) is 6.39. The van der Waals surface area contributed by atoms with E-state index in [1.54, 1.807) is 17.4 Å². The van der Waals surface area contributed by atoms with Gasteiger partial charge in [0.25, 0.3) is 0 Å². The first-order valence-electron chi connectivity index (χ1n) is 11.3. The molecular formula is C27H31NO5. The van der Waals surface area contributed by atoms with Gasteiger partial charge in [-0.25, -0.2) is 4.79 Å². The molecule has 0 unspecified atom stereocenters. The Hall–Kier alpha value is -3.25. The first-order chi connectivity index (χ1) is 15.9. The number of carbonyl (C=O) groups is 1. The zero-order valence-electron chi connectivity index (χ0n) is 19.4. The average Bonchev–Trinajstić information content (AvgIpc) is 3.33. The van der Waals surface area contributed by atoms with E-state index in [4.69, 9.17) is 18.6 Å². The van der Waals surface area contributed by atoms with Crippen LogP contribution in [0.15, 0.2) is 77.6 Å². The molecular weight excluding hydrogens is 418 g/mol. The highest BCUT2D eigenvalue weighted by Gasteiger charge is 2.35. The Kier molecular flexibility index (Phi) is 7.04. The van der Waals surface area contributed by atoms with Crippen molar-refractivity contribution in [1.29, 1.82) is 0 Å². The monoisotopic (exact) mass is 449 g/mol. The second kappa shape index (κ2) is 10.1. The lowest BCUT2D eigenvalue weighted by molar-refractivity contribution is -0.0360. The lowest BCUT2D eigenvalue weighted by Gasteiger charge is -2.38. The molecule has 33 heavy (non-hydrogen) atoms. The van der Waals surface area contributed by atoms with Crippen molar-refractivity contribution < 1.29 is 23.4 Å². The number of hydrogen-bond donors (Lipinski definition) is 0. The summed E-state index contributed by atoms with van der Waals surface area (Å²) in [6.07, 6.45) is 3.76. The summed E-state index contributed by atoms with van der Waals surface area (Å²) in [5, 5.41) is 0. The maximum atomic E-state index is 12.6. The molecule has 0 saturated carbocycles. The lowest BCUT2D eigenvalue weighted by Crippen LogP contribution is -2.48. The van der Waals surface area contributed by atoms with E-state index in [1.165, 1.54) is 0 Å². The SMILES string of the molecule is CC(C)(C)OC(=O)N1CC[C@H](c2ccoc2)[C@@H](OCc2ccc(Oc3ccccc3)cc2)C1. The van der Waals surface area contributed by atoms with Crippen molar-refractivity contribution in [3.63, 3.8) is 0 Å². The summed E-state index contributed by atoms with van der Waals surface area (Å²) >= 11 is 0. The van der Waals surface area contributed by atoms with Gasteiger partial charge in [-0.05, 0) is 68.7 Å². The molecule has 6 heteroatoms. The molecule has 2 atom stereocenters. The largest absolute Gasteiger partial charge is 0.472 e. The Bertz CT molecular complexity index is 1010. The van der Waals surface area contributed by atoms with Crippen LogP contribution in [0, 0.1) is 0 Å². The van der Waals surface area contributed by atoms with Crippen molar-refractivity contribution in [1.82, 2.24) is 4.90 Å². The first-order valence-corrected chi connectivity index (χ1v) is 11.3. The summed E-state index contributed by atoms with van der Waals surface area (Å²) in [5.41, 5.74) is 1.60. The summed E-state index contributed by atoms with van der Waals surface area (Å²) in [7, 11) is 0. The zero-order valence-corrected chi connectivity index (χ0v) is 19.4. The molecule has 1 aromatic heterocycles. The smallest absolute Gasteiger partial charge is 0.410 e. The van der Waals surface area contributed by atoms with Crippen LogP contribution in [0.5, 0.6) is 11.5 Å². The Morgan fingerprint density at radius 2 is 1.76 bits per heavy atom. The fraction of sp³-hybridized carbons (Fsp3) is 0.370. The number of hydrogen-bond acceptors (Lipinski definition) is 5. The van der Waals surface area contributed by atoms with Crippen LogP contribution in [-0.4, -0.2) is 35.8 Å². The van der Waals surface area contributed by atoms with Crippen molar-refractivity contribution in [2.75, 3.05) is 13.1 Å². The minimum Gasteiger partial charge on any atom is -0.472 e. The molecule has 4 rings (SSSR count). The van der Waals surface area contributed by atoms with E-state index in [9.17, 15) is 4.79 Å². The molecule has 6 nitrogen and oxygen atoms in total. The highest BCUT2D eigenvalue weighted by molar-refractivity contribution is 5.68. The molecule has 1 aliphatic heterocycles. The molecule has 0 N–H and O–H groups in total. The van der Waals surface area contributed by atoms with Gasteiger partial charge in [0.05, 0.1) is 31.8 Å². The van der Waals surface area contributed by atoms with E-state index in [-0.39, 0.29) is 18.1 Å². The van der Waals surface area contributed by atoms with E-state index in [0.717, 1.165) is 29.0 Å². The van der Waals surface area contributed by atoms with Crippen molar-refractivity contribution in [3.8, 4) is 11.5 Å². The molecule has 1 aliphatic rings. The van der Waals surface area contributed by atoms with E-state index < -0.39 is 5.60 Å². The zero-order chi connectivity index (χ0) is 23.3. The number of nitrogens with zero attached hydrogens (tertiary/aromatic N) is 1. The maximum Gasteiger partial charge on any atom is 0.410 e. The normalized spacial score (nSPS) is 18.7. The summed E-state index contributed by atoms with van der Waals surface area (Å²) < 4.78 is 23.1. The van der Waals surface area contributed by atoms with Crippen molar-refractivity contribution in [2.24, 2.45) is 0 Å². The molecule has 1 amide bonds. The molecule has 1 fully saturated rings. The fourth-order valence-electron chi connectivity index (χ4n) is 3.93. The van der Waals surface area contributed by atoms with Crippen LogP contribution in [0.3, 0.4) is 0 Å². The van der Waals surface area contributed by atoms with Crippen LogP contribution in [-0.2, 0) is 16.1 Å². The van der Waals surface area contributed by atoms with E-state index in [2.05, 4.69) is 0 Å². The highest BCUT2D eigenvalue weighted by atomic mass is 16.6. The van der Waals surface area contributed by atoms with Gasteiger partial charge in [-0.3, -0.25) is 0 Å². The predicted octanol–water partition coefficient (Wildman–Crippen LogP) is 6.38. The number of furan rings is 1. The van der Waals surface area contributed by atoms with Gasteiger partial charge in [0, 0.05) is 12.5 Å². The quantitative estimate of drug-likeness (QED) is 0.437. The molecule has 2 heterocycles. The number of ether oxygens (including phenoxy) is 3.